The second-order valence-electron chi connectivity index (χ2n) is 10.8. The van der Waals surface area contributed by atoms with Gasteiger partial charge >= 0.3 is 17.9 Å². The maximum absolute atomic E-state index is 13.7. The van der Waals surface area contributed by atoms with E-state index >= 15 is 0 Å². The van der Waals surface area contributed by atoms with Gasteiger partial charge in [0.2, 0.25) is 0 Å². The van der Waals surface area contributed by atoms with Gasteiger partial charge in [-0.2, -0.15) is 0 Å². The van der Waals surface area contributed by atoms with Gasteiger partial charge in [-0.3, -0.25) is 14.4 Å². The smallest absolute Gasteiger partial charge is 0.313 e. The lowest BCUT2D eigenvalue weighted by Gasteiger charge is -2.62. The van der Waals surface area contributed by atoms with Crippen molar-refractivity contribution in [3.8, 4) is 0 Å². The highest BCUT2D eigenvalue weighted by Crippen LogP contribution is 2.62. The van der Waals surface area contributed by atoms with Gasteiger partial charge in [0.05, 0.1) is 0 Å². The van der Waals surface area contributed by atoms with E-state index in [1.165, 1.54) is 13.3 Å². The number of hydrogen-bond donors (Lipinski definition) is 0. The van der Waals surface area contributed by atoms with Crippen molar-refractivity contribution in [2.45, 2.75) is 82.9 Å². The third kappa shape index (κ3) is 2.33. The molecule has 7 aliphatic rings. The number of carbonyl (C=O) groups is 3. The van der Waals surface area contributed by atoms with Gasteiger partial charge in [-0.15, -0.1) is 0 Å². The van der Waals surface area contributed by atoms with E-state index < -0.39 is 53.8 Å². The first-order valence-electron chi connectivity index (χ1n) is 11.6. The zero-order valence-electron chi connectivity index (χ0n) is 17.7. The van der Waals surface area contributed by atoms with Crippen LogP contribution >= 0.6 is 0 Å². The van der Waals surface area contributed by atoms with Crippen LogP contribution < -0.4 is 0 Å². The highest BCUT2D eigenvalue weighted by molar-refractivity contribution is 5.87. The Morgan fingerprint density at radius 1 is 1.00 bits per heavy atom. The minimum Gasteiger partial charge on any atom is -0.458 e. The van der Waals surface area contributed by atoms with Crippen molar-refractivity contribution in [1.82, 2.24) is 0 Å². The molecule has 7 rings (SSSR count). The summed E-state index contributed by atoms with van der Waals surface area (Å²) in [6, 6.07) is 0. The van der Waals surface area contributed by atoms with E-state index in [4.69, 9.17) is 18.9 Å². The van der Waals surface area contributed by atoms with Crippen LogP contribution in [0.15, 0.2) is 0 Å². The lowest BCUT2D eigenvalue weighted by Crippen LogP contribution is -2.63. The van der Waals surface area contributed by atoms with Crippen LogP contribution in [0.3, 0.4) is 0 Å². The highest BCUT2D eigenvalue weighted by Gasteiger charge is 2.73. The number of ether oxygens (including phenoxy) is 4. The van der Waals surface area contributed by atoms with Crippen LogP contribution in [0.2, 0.25) is 0 Å². The molecule has 3 aliphatic heterocycles. The average molecular weight is 418 g/mol. The lowest BCUT2D eigenvalue weighted by atomic mass is 9.47. The summed E-state index contributed by atoms with van der Waals surface area (Å²) in [5.74, 6) is -0.166. The lowest BCUT2D eigenvalue weighted by molar-refractivity contribution is -0.230. The Balaban J connectivity index is 1.30. The minimum absolute atomic E-state index is 0.212. The van der Waals surface area contributed by atoms with Gasteiger partial charge in [0, 0.05) is 6.92 Å². The molecule has 3 saturated heterocycles. The summed E-state index contributed by atoms with van der Waals surface area (Å²) < 4.78 is 23.3. The molecule has 7 heteroatoms. The van der Waals surface area contributed by atoms with Gasteiger partial charge in [-0.25, -0.2) is 0 Å². The topological polar surface area (TPSA) is 88.1 Å². The number of carbonyl (C=O) groups excluding carboxylic acids is 3. The molecular formula is C23H30O7. The first-order valence-corrected chi connectivity index (χ1v) is 11.6. The fourth-order valence-corrected chi connectivity index (χ4v) is 8.32. The largest absolute Gasteiger partial charge is 0.458 e. The Kier molecular flexibility index (Phi) is 3.95. The molecule has 4 saturated carbocycles. The van der Waals surface area contributed by atoms with E-state index in [1.807, 2.05) is 0 Å². The fourth-order valence-electron chi connectivity index (χ4n) is 8.32. The standard InChI is InChI=1S/C23H30O7/c1-9(2)23(13-5-11-4-12(7-13)8-14(23)6-11)30-22(26)16-15-17-20(29-21(15)25)19(18(16)28-17)27-10(3)24/h9,11-20H,4-8H2,1-3H3. The van der Waals surface area contributed by atoms with Gasteiger partial charge in [0.1, 0.15) is 29.6 Å². The van der Waals surface area contributed by atoms with E-state index in [2.05, 4.69) is 13.8 Å². The molecule has 0 aromatic carbocycles. The molecule has 7 fully saturated rings. The van der Waals surface area contributed by atoms with Gasteiger partial charge in [0.25, 0.3) is 0 Å². The molecule has 7 nitrogen and oxygen atoms in total. The van der Waals surface area contributed by atoms with Crippen molar-refractivity contribution < 1.29 is 33.3 Å². The molecule has 0 aromatic rings. The van der Waals surface area contributed by atoms with Crippen molar-refractivity contribution in [1.29, 1.82) is 0 Å². The SMILES string of the molecule is CC(=O)OC1C2OC(=O)C3C2OC1C3C(=O)OC1(C(C)C)C2CC3CC(C2)CC1C3. The quantitative estimate of drug-likeness (QED) is 0.511. The molecule has 4 aliphatic carbocycles. The first-order chi connectivity index (χ1) is 14.3. The molecule has 0 N–H and O–H groups in total. The van der Waals surface area contributed by atoms with E-state index in [-0.39, 0.29) is 11.9 Å². The van der Waals surface area contributed by atoms with Crippen LogP contribution in [-0.2, 0) is 33.3 Å². The van der Waals surface area contributed by atoms with Crippen molar-refractivity contribution in [3.05, 3.63) is 0 Å². The number of rotatable bonds is 4. The van der Waals surface area contributed by atoms with Gasteiger partial charge in [-0.05, 0) is 61.7 Å². The van der Waals surface area contributed by atoms with Crippen LogP contribution in [0.25, 0.3) is 0 Å². The van der Waals surface area contributed by atoms with E-state index in [1.54, 1.807) is 0 Å². The maximum Gasteiger partial charge on any atom is 0.313 e. The minimum atomic E-state index is -0.765. The zero-order valence-corrected chi connectivity index (χ0v) is 17.7. The normalized spacial score (nSPS) is 52.1. The molecule has 6 atom stereocenters. The molecule has 6 bridgehead atoms. The molecule has 30 heavy (non-hydrogen) atoms. The summed E-state index contributed by atoms with van der Waals surface area (Å²) in [7, 11) is 0. The first kappa shape index (κ1) is 19.1. The second-order valence-corrected chi connectivity index (χ2v) is 10.8. The molecular weight excluding hydrogens is 388 g/mol. The van der Waals surface area contributed by atoms with E-state index in [0.29, 0.717) is 11.8 Å². The number of hydrogen-bond acceptors (Lipinski definition) is 7. The third-order valence-corrected chi connectivity index (χ3v) is 9.07. The zero-order chi connectivity index (χ0) is 20.9. The average Bonchev–Trinajstić information content (AvgIpc) is 3.27. The van der Waals surface area contributed by atoms with Gasteiger partial charge in [-0.1, -0.05) is 13.8 Å². The molecule has 0 aromatic heterocycles. The monoisotopic (exact) mass is 418 g/mol. The van der Waals surface area contributed by atoms with Gasteiger partial charge in [0.15, 0.2) is 12.2 Å². The Bertz CT molecular complexity index is 775. The fraction of sp³-hybridized carbons (Fsp3) is 0.870. The molecule has 0 amide bonds. The van der Waals surface area contributed by atoms with Crippen molar-refractivity contribution >= 4 is 17.9 Å². The maximum atomic E-state index is 13.7. The molecule has 0 spiro atoms. The highest BCUT2D eigenvalue weighted by atomic mass is 16.7. The van der Waals surface area contributed by atoms with Crippen molar-refractivity contribution in [3.63, 3.8) is 0 Å². The summed E-state index contributed by atoms with van der Waals surface area (Å²) in [6.07, 6.45) is 3.32. The molecule has 3 heterocycles. The van der Waals surface area contributed by atoms with Crippen LogP contribution in [0.1, 0.15) is 52.9 Å². The number of esters is 3. The Labute approximate surface area is 176 Å². The van der Waals surface area contributed by atoms with E-state index in [9.17, 15) is 14.4 Å². The summed E-state index contributed by atoms with van der Waals surface area (Å²) >= 11 is 0. The summed E-state index contributed by atoms with van der Waals surface area (Å²) in [6.45, 7) is 5.64. The predicted octanol–water partition coefficient (Wildman–Crippen LogP) is 2.25. The summed E-state index contributed by atoms with van der Waals surface area (Å²) in [5, 5.41) is 0. The predicted molar refractivity (Wildman–Crippen MR) is 102 cm³/mol. The Morgan fingerprint density at radius 3 is 2.20 bits per heavy atom. The Hall–Kier alpha value is -1.63. The molecule has 6 unspecified atom stereocenters. The molecule has 164 valence electrons. The second kappa shape index (κ2) is 6.21. The summed E-state index contributed by atoms with van der Waals surface area (Å²) in [5.41, 5.74) is -0.467. The van der Waals surface area contributed by atoms with Gasteiger partial charge < -0.3 is 18.9 Å². The van der Waals surface area contributed by atoms with Crippen LogP contribution in [-0.4, -0.2) is 47.9 Å². The summed E-state index contributed by atoms with van der Waals surface area (Å²) in [4.78, 5) is 37.8. The van der Waals surface area contributed by atoms with Crippen LogP contribution in [0, 0.1) is 41.4 Å². The van der Waals surface area contributed by atoms with Crippen molar-refractivity contribution in [2.24, 2.45) is 41.4 Å². The van der Waals surface area contributed by atoms with E-state index in [0.717, 1.165) is 37.5 Å². The Morgan fingerprint density at radius 2 is 1.63 bits per heavy atom. The van der Waals surface area contributed by atoms with Crippen LogP contribution in [0.5, 0.6) is 0 Å². The number of fused-ring (bicyclic) bond motifs is 1. The van der Waals surface area contributed by atoms with Crippen molar-refractivity contribution in [2.75, 3.05) is 0 Å². The molecule has 0 radical (unpaired) electrons. The third-order valence-electron chi connectivity index (χ3n) is 9.07. The van der Waals surface area contributed by atoms with Crippen LogP contribution in [0.4, 0.5) is 0 Å².